The number of carbonyl (C=O) groups excluding carboxylic acids is 1. The van der Waals surface area contributed by atoms with Gasteiger partial charge in [-0.1, -0.05) is 18.6 Å². The van der Waals surface area contributed by atoms with Crippen molar-refractivity contribution in [1.82, 2.24) is 5.32 Å². The summed E-state index contributed by atoms with van der Waals surface area (Å²) in [6.07, 6.45) is 3.22. The third-order valence-electron chi connectivity index (χ3n) is 3.87. The van der Waals surface area contributed by atoms with Crippen LogP contribution in [0.15, 0.2) is 24.3 Å². The Labute approximate surface area is 114 Å². The SMILES string of the molecule is CC(O)c1ccc(NC(=O)NC(C)C2CCC2)cc1. The highest BCUT2D eigenvalue weighted by molar-refractivity contribution is 5.89. The fraction of sp³-hybridized carbons (Fsp3) is 0.533. The lowest BCUT2D eigenvalue weighted by atomic mass is 9.80. The molecule has 4 heteroatoms. The summed E-state index contributed by atoms with van der Waals surface area (Å²) < 4.78 is 0. The van der Waals surface area contributed by atoms with Crippen LogP contribution in [0, 0.1) is 5.92 Å². The van der Waals surface area contributed by atoms with Crippen molar-refractivity contribution in [3.63, 3.8) is 0 Å². The van der Waals surface area contributed by atoms with E-state index in [0.717, 1.165) is 11.3 Å². The summed E-state index contributed by atoms with van der Waals surface area (Å²) in [6, 6.07) is 7.30. The smallest absolute Gasteiger partial charge is 0.319 e. The van der Waals surface area contributed by atoms with E-state index in [1.807, 2.05) is 12.1 Å². The largest absolute Gasteiger partial charge is 0.389 e. The minimum absolute atomic E-state index is 0.163. The monoisotopic (exact) mass is 262 g/mol. The Morgan fingerprint density at radius 2 is 1.89 bits per heavy atom. The van der Waals surface area contributed by atoms with E-state index in [4.69, 9.17) is 0 Å². The number of amides is 2. The topological polar surface area (TPSA) is 61.4 Å². The molecule has 2 rings (SSSR count). The molecule has 2 unspecified atom stereocenters. The molecule has 1 aliphatic rings. The predicted molar refractivity (Wildman–Crippen MR) is 76.0 cm³/mol. The van der Waals surface area contributed by atoms with Crippen LogP contribution in [0.5, 0.6) is 0 Å². The Kier molecular flexibility index (Phi) is 4.43. The number of urea groups is 1. The zero-order valence-corrected chi connectivity index (χ0v) is 11.5. The Bertz CT molecular complexity index is 424. The fourth-order valence-electron chi connectivity index (χ4n) is 2.28. The van der Waals surface area contributed by atoms with Crippen LogP contribution in [-0.2, 0) is 0 Å². The van der Waals surface area contributed by atoms with E-state index in [1.54, 1.807) is 19.1 Å². The molecule has 0 aromatic heterocycles. The molecule has 104 valence electrons. The third kappa shape index (κ3) is 3.70. The van der Waals surface area contributed by atoms with Crippen molar-refractivity contribution in [1.29, 1.82) is 0 Å². The minimum atomic E-state index is -0.485. The summed E-state index contributed by atoms with van der Waals surface area (Å²) in [6.45, 7) is 3.77. The Morgan fingerprint density at radius 1 is 1.26 bits per heavy atom. The van der Waals surface area contributed by atoms with Crippen LogP contribution >= 0.6 is 0 Å². The minimum Gasteiger partial charge on any atom is -0.389 e. The Balaban J connectivity index is 1.84. The average Bonchev–Trinajstić information content (AvgIpc) is 2.26. The number of nitrogens with one attached hydrogen (secondary N) is 2. The number of aliphatic hydroxyl groups is 1. The van der Waals surface area contributed by atoms with Gasteiger partial charge in [0.1, 0.15) is 0 Å². The van der Waals surface area contributed by atoms with E-state index >= 15 is 0 Å². The van der Waals surface area contributed by atoms with Crippen LogP contribution < -0.4 is 10.6 Å². The van der Waals surface area contributed by atoms with Gasteiger partial charge in [-0.2, -0.15) is 0 Å². The quantitative estimate of drug-likeness (QED) is 0.781. The van der Waals surface area contributed by atoms with Crippen LogP contribution in [0.1, 0.15) is 44.8 Å². The summed E-state index contributed by atoms with van der Waals surface area (Å²) in [7, 11) is 0. The molecule has 19 heavy (non-hydrogen) atoms. The standard InChI is InChI=1S/C15H22N2O2/c1-10(12-4-3-5-12)16-15(19)17-14-8-6-13(7-9-14)11(2)18/h6-12,18H,3-5H2,1-2H3,(H2,16,17,19). The molecule has 1 aliphatic carbocycles. The van der Waals surface area contributed by atoms with Crippen molar-refractivity contribution < 1.29 is 9.90 Å². The molecule has 1 aromatic rings. The summed E-state index contributed by atoms with van der Waals surface area (Å²) in [5, 5.41) is 15.2. The first-order valence-electron chi connectivity index (χ1n) is 6.92. The molecule has 2 atom stereocenters. The molecule has 4 nitrogen and oxygen atoms in total. The number of aliphatic hydroxyl groups excluding tert-OH is 1. The highest BCUT2D eigenvalue weighted by atomic mass is 16.3. The predicted octanol–water partition coefficient (Wildman–Crippen LogP) is 3.05. The Morgan fingerprint density at radius 3 is 2.37 bits per heavy atom. The van der Waals surface area contributed by atoms with Gasteiger partial charge in [0.15, 0.2) is 0 Å². The highest BCUT2D eigenvalue weighted by Crippen LogP contribution is 2.29. The normalized spacial score (nSPS) is 18.3. The van der Waals surface area contributed by atoms with Crippen LogP contribution in [0.25, 0.3) is 0 Å². The van der Waals surface area contributed by atoms with Crippen molar-refractivity contribution in [2.75, 3.05) is 5.32 Å². The van der Waals surface area contributed by atoms with Crippen molar-refractivity contribution in [2.24, 2.45) is 5.92 Å². The third-order valence-corrected chi connectivity index (χ3v) is 3.87. The second-order valence-corrected chi connectivity index (χ2v) is 5.38. The molecule has 0 radical (unpaired) electrons. The lowest BCUT2D eigenvalue weighted by molar-refractivity contribution is 0.199. The molecule has 0 saturated heterocycles. The van der Waals surface area contributed by atoms with E-state index in [-0.39, 0.29) is 12.1 Å². The maximum atomic E-state index is 11.8. The van der Waals surface area contributed by atoms with Crippen molar-refractivity contribution in [3.05, 3.63) is 29.8 Å². The molecule has 0 bridgehead atoms. The summed E-state index contributed by atoms with van der Waals surface area (Å²) in [4.78, 5) is 11.8. The van der Waals surface area contributed by atoms with Gasteiger partial charge in [-0.3, -0.25) is 0 Å². The zero-order chi connectivity index (χ0) is 13.8. The van der Waals surface area contributed by atoms with Gasteiger partial charge in [0.05, 0.1) is 6.10 Å². The van der Waals surface area contributed by atoms with Crippen molar-refractivity contribution in [2.45, 2.75) is 45.3 Å². The molecule has 0 spiro atoms. The van der Waals surface area contributed by atoms with E-state index in [9.17, 15) is 9.90 Å². The van der Waals surface area contributed by atoms with Gasteiger partial charge in [-0.05, 0) is 50.3 Å². The second kappa shape index (κ2) is 6.06. The molecular formula is C15H22N2O2. The zero-order valence-electron chi connectivity index (χ0n) is 11.5. The molecule has 1 saturated carbocycles. The van der Waals surface area contributed by atoms with E-state index in [2.05, 4.69) is 17.6 Å². The van der Waals surface area contributed by atoms with E-state index < -0.39 is 6.10 Å². The van der Waals surface area contributed by atoms with Gasteiger partial charge >= 0.3 is 6.03 Å². The maximum absolute atomic E-state index is 11.8. The number of hydrogen-bond acceptors (Lipinski definition) is 2. The van der Waals surface area contributed by atoms with Gasteiger partial charge in [-0.15, -0.1) is 0 Å². The van der Waals surface area contributed by atoms with E-state index in [1.165, 1.54) is 19.3 Å². The summed E-state index contributed by atoms with van der Waals surface area (Å²) >= 11 is 0. The highest BCUT2D eigenvalue weighted by Gasteiger charge is 2.24. The molecular weight excluding hydrogens is 240 g/mol. The first kappa shape index (κ1) is 13.9. The van der Waals surface area contributed by atoms with Crippen LogP contribution in [0.3, 0.4) is 0 Å². The molecule has 1 aromatic carbocycles. The van der Waals surface area contributed by atoms with Gasteiger partial charge in [0, 0.05) is 11.7 Å². The number of carbonyl (C=O) groups is 1. The molecule has 3 N–H and O–H groups in total. The van der Waals surface area contributed by atoms with Gasteiger partial charge in [0.2, 0.25) is 0 Å². The summed E-state index contributed by atoms with van der Waals surface area (Å²) in [5.41, 5.74) is 1.58. The fourth-order valence-corrected chi connectivity index (χ4v) is 2.28. The summed E-state index contributed by atoms with van der Waals surface area (Å²) in [5.74, 6) is 0.628. The van der Waals surface area contributed by atoms with Crippen molar-refractivity contribution in [3.8, 4) is 0 Å². The van der Waals surface area contributed by atoms with Crippen LogP contribution in [0.4, 0.5) is 10.5 Å². The van der Waals surface area contributed by atoms with Crippen LogP contribution in [-0.4, -0.2) is 17.2 Å². The molecule has 1 fully saturated rings. The van der Waals surface area contributed by atoms with Crippen LogP contribution in [0.2, 0.25) is 0 Å². The van der Waals surface area contributed by atoms with Crippen molar-refractivity contribution >= 4 is 11.7 Å². The molecule has 0 aliphatic heterocycles. The first-order chi connectivity index (χ1) is 9.06. The molecule has 0 heterocycles. The average molecular weight is 262 g/mol. The maximum Gasteiger partial charge on any atom is 0.319 e. The van der Waals surface area contributed by atoms with Gasteiger partial charge in [0.25, 0.3) is 0 Å². The van der Waals surface area contributed by atoms with Gasteiger partial charge < -0.3 is 15.7 Å². The lowest BCUT2D eigenvalue weighted by Gasteiger charge is -2.31. The Hall–Kier alpha value is -1.55. The lowest BCUT2D eigenvalue weighted by Crippen LogP contribution is -2.42. The number of hydrogen-bond donors (Lipinski definition) is 3. The number of anilines is 1. The molecule has 2 amide bonds. The second-order valence-electron chi connectivity index (χ2n) is 5.38. The van der Waals surface area contributed by atoms with E-state index in [0.29, 0.717) is 5.92 Å². The first-order valence-corrected chi connectivity index (χ1v) is 6.92. The number of rotatable bonds is 4. The van der Waals surface area contributed by atoms with Gasteiger partial charge in [-0.25, -0.2) is 4.79 Å². The number of benzene rings is 1.